The van der Waals surface area contributed by atoms with Crippen LogP contribution >= 0.6 is 0 Å². The van der Waals surface area contributed by atoms with E-state index >= 15 is 0 Å². The Morgan fingerprint density at radius 3 is 1.65 bits per heavy atom. The van der Waals surface area contributed by atoms with E-state index in [2.05, 4.69) is 72.4 Å². The zero-order chi connectivity index (χ0) is 72.4. The number of amidine groups is 1. The first-order valence-corrected chi connectivity index (χ1v) is 35.7. The van der Waals surface area contributed by atoms with Gasteiger partial charge in [-0.05, 0) is 135 Å². The Morgan fingerprint density at radius 1 is 0.554 bits per heavy atom. The summed E-state index contributed by atoms with van der Waals surface area (Å²) in [7, 11) is 1.62. The molecule has 8 rings (SSSR count). The number of nitrogen functional groups attached to an aromatic ring is 2. The number of fused-ring (bicyclic) bond motifs is 6. The van der Waals surface area contributed by atoms with Crippen molar-refractivity contribution >= 4 is 96.5 Å². The van der Waals surface area contributed by atoms with E-state index in [4.69, 9.17) is 59.8 Å². The SMILES string of the molecule is CCCCc1nc2c(N)nc3ccccc3c2n1CCCCN=C(CCCOCCC(=O)OC(C)(C)C)Nc1cccc(CNC(=O)CCOCCOC)c1.CCCCc1nc2c(N)nc3ccccc3c2n1CCCCN=C(NCCOCCC(=O)OC(C)(C)C)Nc1cccc(C#N)c1. The molecule has 4 aromatic heterocycles. The van der Waals surface area contributed by atoms with Gasteiger partial charge >= 0.3 is 11.9 Å². The molecule has 1 amide bonds. The first kappa shape index (κ1) is 79.1. The molecule has 544 valence electrons. The second kappa shape index (κ2) is 41.5. The molecule has 0 aliphatic heterocycles. The number of imidazole rings is 2. The van der Waals surface area contributed by atoms with E-state index in [1.807, 2.05) is 114 Å². The molecule has 4 heterocycles. The van der Waals surface area contributed by atoms with Gasteiger partial charge in [-0.25, -0.2) is 19.9 Å². The summed E-state index contributed by atoms with van der Waals surface area (Å²) in [5.74, 6) is 3.84. The van der Waals surface area contributed by atoms with Gasteiger partial charge in [0.1, 0.15) is 39.7 Å². The van der Waals surface area contributed by atoms with Gasteiger partial charge < -0.3 is 70.3 Å². The van der Waals surface area contributed by atoms with E-state index in [1.165, 1.54) is 0 Å². The number of carbonyl (C=O) groups is 3. The number of carbonyl (C=O) groups excluding carboxylic acids is 3. The molecule has 0 unspecified atom stereocenters. The van der Waals surface area contributed by atoms with Crippen LogP contribution in [-0.4, -0.2) is 143 Å². The summed E-state index contributed by atoms with van der Waals surface area (Å²) < 4.78 is 37.2. The molecule has 0 saturated heterocycles. The van der Waals surface area contributed by atoms with Crippen LogP contribution in [0, 0.1) is 11.3 Å². The molecule has 8 N–H and O–H groups in total. The number of aryl methyl sites for hydroxylation is 4. The van der Waals surface area contributed by atoms with E-state index < -0.39 is 11.2 Å². The van der Waals surface area contributed by atoms with E-state index in [0.29, 0.717) is 95.4 Å². The number of ether oxygens (including phenoxy) is 6. The third kappa shape index (κ3) is 27.0. The van der Waals surface area contributed by atoms with Gasteiger partial charge in [0, 0.05) is 101 Å². The zero-order valence-electron chi connectivity index (χ0n) is 60.9. The number of guanidine groups is 1. The highest BCUT2D eigenvalue weighted by molar-refractivity contribution is 6.07. The van der Waals surface area contributed by atoms with E-state index in [-0.39, 0.29) is 43.7 Å². The summed E-state index contributed by atoms with van der Waals surface area (Å²) in [6.07, 6.45) is 11.7. The van der Waals surface area contributed by atoms with Crippen molar-refractivity contribution < 1.29 is 42.8 Å². The Hall–Kier alpha value is -9.28. The number of aromatic nitrogens is 6. The highest BCUT2D eigenvalue weighted by Gasteiger charge is 2.21. The molecule has 0 aliphatic rings. The fraction of sp³-hybridized carbons (Fsp3) is 0.506. The number of rotatable bonds is 39. The first-order valence-electron chi connectivity index (χ1n) is 35.7. The van der Waals surface area contributed by atoms with Gasteiger partial charge in [0.15, 0.2) is 17.6 Å². The molecular formula is C77H107N15O9. The van der Waals surface area contributed by atoms with Crippen LogP contribution in [-0.2, 0) is 75.3 Å². The van der Waals surface area contributed by atoms with Crippen LogP contribution in [0.25, 0.3) is 43.9 Å². The summed E-state index contributed by atoms with van der Waals surface area (Å²) in [6, 6.07) is 33.6. The molecule has 8 aromatic rings. The third-order valence-electron chi connectivity index (χ3n) is 15.9. The Balaban J connectivity index is 0.000000288. The van der Waals surface area contributed by atoms with E-state index in [0.717, 1.165) is 162 Å². The topological polar surface area (TPSA) is 317 Å². The lowest BCUT2D eigenvalue weighted by Gasteiger charge is -2.19. The van der Waals surface area contributed by atoms with Crippen molar-refractivity contribution in [2.24, 2.45) is 9.98 Å². The molecule has 0 saturated carbocycles. The Labute approximate surface area is 595 Å². The second-order valence-corrected chi connectivity index (χ2v) is 26.7. The zero-order valence-corrected chi connectivity index (χ0v) is 60.9. The molecule has 0 spiro atoms. The summed E-state index contributed by atoms with van der Waals surface area (Å²) in [4.78, 5) is 65.3. The molecule has 0 bridgehead atoms. The number of aliphatic imine (C=N–C) groups is 2. The number of methoxy groups -OCH3 is 1. The summed E-state index contributed by atoms with van der Waals surface area (Å²) >= 11 is 0. The van der Waals surface area contributed by atoms with Crippen LogP contribution in [0.1, 0.15) is 162 Å². The minimum atomic E-state index is -0.514. The molecule has 101 heavy (non-hydrogen) atoms. The van der Waals surface area contributed by atoms with Gasteiger partial charge in [0.05, 0.1) is 86.2 Å². The summed E-state index contributed by atoms with van der Waals surface area (Å²) in [6.45, 7) is 22.0. The van der Waals surface area contributed by atoms with Crippen molar-refractivity contribution in [2.45, 2.75) is 183 Å². The number of esters is 2. The smallest absolute Gasteiger partial charge is 0.308 e. The number of nitrogens with one attached hydrogen (secondary N) is 4. The molecule has 0 aliphatic carbocycles. The number of pyridine rings is 2. The average Bonchev–Trinajstić information content (AvgIpc) is 1.61. The van der Waals surface area contributed by atoms with Gasteiger partial charge in [-0.15, -0.1) is 0 Å². The van der Waals surface area contributed by atoms with Gasteiger partial charge in [-0.3, -0.25) is 24.4 Å². The predicted molar refractivity (Wildman–Crippen MR) is 403 cm³/mol. The fourth-order valence-corrected chi connectivity index (χ4v) is 11.1. The van der Waals surface area contributed by atoms with E-state index in [1.54, 1.807) is 19.2 Å². The van der Waals surface area contributed by atoms with Gasteiger partial charge in [0.25, 0.3) is 0 Å². The number of benzene rings is 4. The largest absolute Gasteiger partial charge is 0.460 e. The molecule has 0 radical (unpaired) electrons. The summed E-state index contributed by atoms with van der Waals surface area (Å²) in [5, 5.41) is 24.5. The Morgan fingerprint density at radius 2 is 1.09 bits per heavy atom. The number of unbranched alkanes of at least 4 members (excludes halogenated alkanes) is 4. The summed E-state index contributed by atoms with van der Waals surface area (Å²) in [5.41, 5.74) is 20.3. The van der Waals surface area contributed by atoms with Crippen LogP contribution in [0.5, 0.6) is 0 Å². The van der Waals surface area contributed by atoms with Crippen LogP contribution in [0.2, 0.25) is 0 Å². The Bertz CT molecular complexity index is 4030. The molecule has 24 nitrogen and oxygen atoms in total. The number of hydrogen-bond acceptors (Lipinski definition) is 18. The Kier molecular flexibility index (Phi) is 32.4. The number of nitriles is 1. The molecule has 24 heteroatoms. The maximum Gasteiger partial charge on any atom is 0.308 e. The van der Waals surface area contributed by atoms with Crippen LogP contribution in [0.15, 0.2) is 107 Å². The van der Waals surface area contributed by atoms with Gasteiger partial charge in [-0.2, -0.15) is 5.26 Å². The molecule has 0 atom stereocenters. The van der Waals surface area contributed by atoms with Crippen LogP contribution < -0.4 is 32.7 Å². The van der Waals surface area contributed by atoms with Crippen LogP contribution in [0.4, 0.5) is 23.0 Å². The highest BCUT2D eigenvalue weighted by Crippen LogP contribution is 2.32. The van der Waals surface area contributed by atoms with Crippen molar-refractivity contribution in [3.63, 3.8) is 0 Å². The predicted octanol–water partition coefficient (Wildman–Crippen LogP) is 13.0. The average molecular weight is 1390 g/mol. The minimum Gasteiger partial charge on any atom is -0.460 e. The maximum absolute atomic E-state index is 12.3. The lowest BCUT2D eigenvalue weighted by molar-refractivity contribution is -0.157. The van der Waals surface area contributed by atoms with Gasteiger partial charge in [0.2, 0.25) is 5.91 Å². The lowest BCUT2D eigenvalue weighted by atomic mass is 10.1. The second-order valence-electron chi connectivity index (χ2n) is 26.7. The van der Waals surface area contributed by atoms with Crippen molar-refractivity contribution in [3.05, 3.63) is 120 Å². The monoisotopic (exact) mass is 1390 g/mol. The number of nitrogens with zero attached hydrogens (tertiary/aromatic N) is 9. The maximum atomic E-state index is 12.3. The minimum absolute atomic E-state index is 0.0702. The molecular weight excluding hydrogens is 1280 g/mol. The standard InChI is InChI=1S/C42H61N7O6.C35H46N8O3/c1-6-7-19-36-48-39-40(33-16-8-9-17-34(33)47-41(39)43)49(36)23-11-10-22-44-35(18-13-24-53-26-21-38(51)55-42(2,3)4)46-32-15-12-14-31(29-32)30-45-37(50)20-25-54-28-27-52-5;1-5-6-16-29-42-31-32(27-14-7-8-15-28(27)41-33(31)37)43(29)20-10-9-18-38-34(40-26-13-11-12-25(23-26)24-36)39-19-22-45-21-17-30(44)46-35(2,3)4/h8-9,12,14-17,29H,6-7,10-11,13,18-28,30H2,1-5H3,(H2,43,47)(H,44,46)(H,45,50);7-8,11-15,23H,5-6,9-10,16-22H2,1-4H3,(H2,37,41)(H2,38,39,40). The fourth-order valence-electron chi connectivity index (χ4n) is 11.1. The number of nitrogens with two attached hydrogens (primary N) is 2. The molecule has 4 aromatic carbocycles. The van der Waals surface area contributed by atoms with E-state index in [9.17, 15) is 19.6 Å². The van der Waals surface area contributed by atoms with Crippen molar-refractivity contribution in [2.75, 3.05) is 95.1 Å². The number of para-hydroxylation sites is 2. The lowest BCUT2D eigenvalue weighted by Crippen LogP contribution is -2.34. The quantitative estimate of drug-likeness (QED) is 0.00902. The number of anilines is 4. The number of hydrogen-bond donors (Lipinski definition) is 6. The third-order valence-corrected chi connectivity index (χ3v) is 15.9. The first-order chi connectivity index (χ1) is 48.8. The van der Waals surface area contributed by atoms with Crippen molar-refractivity contribution in [1.29, 1.82) is 5.26 Å². The number of amides is 1. The van der Waals surface area contributed by atoms with Crippen molar-refractivity contribution in [3.8, 4) is 6.07 Å². The normalized spacial score (nSPS) is 12.0. The van der Waals surface area contributed by atoms with Crippen molar-refractivity contribution in [1.82, 2.24) is 39.7 Å². The van der Waals surface area contributed by atoms with Gasteiger partial charge in [-0.1, -0.05) is 81.3 Å². The highest BCUT2D eigenvalue weighted by atomic mass is 16.6. The van der Waals surface area contributed by atoms with Crippen LogP contribution in [0.3, 0.4) is 0 Å². The molecule has 0 fully saturated rings.